The van der Waals surface area contributed by atoms with E-state index < -0.39 is 0 Å². The second kappa shape index (κ2) is 8.10. The summed E-state index contributed by atoms with van der Waals surface area (Å²) in [7, 11) is 0. The van der Waals surface area contributed by atoms with Crippen LogP contribution in [-0.4, -0.2) is 28.0 Å². The van der Waals surface area contributed by atoms with Gasteiger partial charge in [-0.25, -0.2) is 4.98 Å². The lowest BCUT2D eigenvalue weighted by molar-refractivity contribution is 0.0873. The van der Waals surface area contributed by atoms with Crippen molar-refractivity contribution in [1.82, 2.24) is 15.6 Å². The van der Waals surface area contributed by atoms with E-state index in [1.165, 1.54) is 0 Å². The van der Waals surface area contributed by atoms with Crippen molar-refractivity contribution in [2.75, 3.05) is 0 Å². The third-order valence-electron chi connectivity index (χ3n) is 4.85. The Labute approximate surface area is 171 Å². The molecule has 0 saturated carbocycles. The second-order valence-corrected chi connectivity index (χ2v) is 9.16. The van der Waals surface area contributed by atoms with Crippen LogP contribution in [0.2, 0.25) is 5.15 Å². The Bertz CT molecular complexity index is 818. The molecule has 1 saturated heterocycles. The van der Waals surface area contributed by atoms with Gasteiger partial charge >= 0.3 is 0 Å². The monoisotopic (exact) mass is 401 g/mol. The fourth-order valence-corrected chi connectivity index (χ4v) is 4.25. The van der Waals surface area contributed by atoms with Crippen LogP contribution in [0.15, 0.2) is 42.6 Å². The first-order valence-corrected chi connectivity index (χ1v) is 9.93. The van der Waals surface area contributed by atoms with E-state index in [-0.39, 0.29) is 23.0 Å². The minimum atomic E-state index is -0.0353. The van der Waals surface area contributed by atoms with E-state index in [1.807, 2.05) is 24.3 Å². The Hall–Kier alpha value is -2.11. The molecule has 1 aromatic heterocycles. The molecular weight excluding hydrogens is 374 g/mol. The van der Waals surface area contributed by atoms with Crippen molar-refractivity contribution in [3.05, 3.63) is 58.9 Å². The SMILES string of the molecule is CC1(C)CC(NC(=O)c2ccc(COc3ccnc(Cl)c3)cc2)CC(C)(C)N1. The highest BCUT2D eigenvalue weighted by molar-refractivity contribution is 6.29. The van der Waals surface area contributed by atoms with Crippen molar-refractivity contribution in [2.24, 2.45) is 0 Å². The normalized spacial score (nSPS) is 18.5. The number of hydrogen-bond acceptors (Lipinski definition) is 4. The van der Waals surface area contributed by atoms with Crippen molar-refractivity contribution in [3.8, 4) is 5.75 Å². The molecule has 0 atom stereocenters. The van der Waals surface area contributed by atoms with Gasteiger partial charge in [-0.15, -0.1) is 0 Å². The summed E-state index contributed by atoms with van der Waals surface area (Å²) in [5.74, 6) is 0.629. The summed E-state index contributed by atoms with van der Waals surface area (Å²) in [6, 6.07) is 11.1. The van der Waals surface area contributed by atoms with Crippen LogP contribution in [0.4, 0.5) is 0 Å². The fraction of sp³-hybridized carbons (Fsp3) is 0.455. The van der Waals surface area contributed by atoms with Gasteiger partial charge in [-0.3, -0.25) is 4.79 Å². The molecule has 2 aromatic rings. The van der Waals surface area contributed by atoms with Crippen molar-refractivity contribution in [3.63, 3.8) is 0 Å². The topological polar surface area (TPSA) is 63.2 Å². The molecule has 3 rings (SSSR count). The van der Waals surface area contributed by atoms with Crippen LogP contribution in [0, 0.1) is 0 Å². The number of amides is 1. The molecule has 2 heterocycles. The molecule has 1 aromatic carbocycles. The molecule has 0 aliphatic carbocycles. The average Bonchev–Trinajstić information content (AvgIpc) is 2.57. The molecular formula is C22H28ClN3O2. The van der Waals surface area contributed by atoms with Crippen LogP contribution in [0.3, 0.4) is 0 Å². The predicted octanol–water partition coefficient (Wildman–Crippen LogP) is 4.35. The number of ether oxygens (including phenoxy) is 1. The lowest BCUT2D eigenvalue weighted by Crippen LogP contribution is -2.62. The summed E-state index contributed by atoms with van der Waals surface area (Å²) >= 11 is 5.86. The third kappa shape index (κ3) is 5.69. The summed E-state index contributed by atoms with van der Waals surface area (Å²) in [6.45, 7) is 9.12. The number of nitrogens with zero attached hydrogens (tertiary/aromatic N) is 1. The van der Waals surface area contributed by atoms with Gasteiger partial charge in [0.2, 0.25) is 0 Å². The van der Waals surface area contributed by atoms with Crippen LogP contribution < -0.4 is 15.4 Å². The fourth-order valence-electron chi connectivity index (χ4n) is 4.09. The molecule has 0 bridgehead atoms. The van der Waals surface area contributed by atoms with E-state index in [0.717, 1.165) is 18.4 Å². The van der Waals surface area contributed by atoms with Crippen molar-refractivity contribution in [1.29, 1.82) is 0 Å². The zero-order chi connectivity index (χ0) is 20.4. The van der Waals surface area contributed by atoms with E-state index >= 15 is 0 Å². The number of aromatic nitrogens is 1. The highest BCUT2D eigenvalue weighted by Crippen LogP contribution is 2.28. The lowest BCUT2D eigenvalue weighted by Gasteiger charge is -2.46. The van der Waals surface area contributed by atoms with E-state index in [0.29, 0.717) is 23.1 Å². The standard InChI is InChI=1S/C22H28ClN3O2/c1-21(2)12-17(13-22(3,4)26-21)25-20(27)16-7-5-15(6-8-16)14-28-18-9-10-24-19(23)11-18/h5-11,17,26H,12-14H2,1-4H3,(H,25,27). The highest BCUT2D eigenvalue weighted by atomic mass is 35.5. The highest BCUT2D eigenvalue weighted by Gasteiger charge is 2.38. The molecule has 1 fully saturated rings. The molecule has 28 heavy (non-hydrogen) atoms. The van der Waals surface area contributed by atoms with Crippen LogP contribution in [0.25, 0.3) is 0 Å². The predicted molar refractivity (Wildman–Crippen MR) is 112 cm³/mol. The van der Waals surface area contributed by atoms with E-state index in [9.17, 15) is 4.79 Å². The summed E-state index contributed by atoms with van der Waals surface area (Å²) < 4.78 is 5.71. The first-order chi connectivity index (χ1) is 13.1. The van der Waals surface area contributed by atoms with Gasteiger partial charge in [0, 0.05) is 34.9 Å². The van der Waals surface area contributed by atoms with Gasteiger partial charge in [-0.2, -0.15) is 0 Å². The van der Waals surface area contributed by atoms with Crippen LogP contribution >= 0.6 is 11.6 Å². The molecule has 0 radical (unpaired) electrons. The molecule has 2 N–H and O–H groups in total. The summed E-state index contributed by atoms with van der Waals surface area (Å²) in [6.07, 6.45) is 3.42. The molecule has 5 nitrogen and oxygen atoms in total. The van der Waals surface area contributed by atoms with Crippen molar-refractivity contribution in [2.45, 2.75) is 64.3 Å². The summed E-state index contributed by atoms with van der Waals surface area (Å²) in [5, 5.41) is 7.23. The van der Waals surface area contributed by atoms with Crippen molar-refractivity contribution >= 4 is 17.5 Å². The number of nitrogens with one attached hydrogen (secondary N) is 2. The Morgan fingerprint density at radius 3 is 2.43 bits per heavy atom. The Kier molecular flexibility index (Phi) is 5.96. The van der Waals surface area contributed by atoms with Gasteiger partial charge < -0.3 is 15.4 Å². The van der Waals surface area contributed by atoms with Crippen LogP contribution in [0.1, 0.15) is 56.5 Å². The van der Waals surface area contributed by atoms with E-state index in [2.05, 4.69) is 43.3 Å². The largest absolute Gasteiger partial charge is 0.489 e. The van der Waals surface area contributed by atoms with Gasteiger partial charge in [0.05, 0.1) is 0 Å². The Morgan fingerprint density at radius 2 is 1.82 bits per heavy atom. The molecule has 6 heteroatoms. The maximum atomic E-state index is 12.7. The minimum absolute atomic E-state index is 0.00323. The van der Waals surface area contributed by atoms with Gasteiger partial charge in [0.1, 0.15) is 17.5 Å². The number of piperidine rings is 1. The van der Waals surface area contributed by atoms with Crippen molar-refractivity contribution < 1.29 is 9.53 Å². The van der Waals surface area contributed by atoms with Gasteiger partial charge in [0.15, 0.2) is 0 Å². The van der Waals surface area contributed by atoms with Crippen LogP contribution in [0.5, 0.6) is 5.75 Å². The number of pyridine rings is 1. The molecule has 1 aliphatic rings. The van der Waals surface area contributed by atoms with E-state index in [1.54, 1.807) is 18.3 Å². The third-order valence-corrected chi connectivity index (χ3v) is 5.05. The zero-order valence-electron chi connectivity index (χ0n) is 16.9. The van der Waals surface area contributed by atoms with Gasteiger partial charge in [-0.05, 0) is 64.3 Å². The number of benzene rings is 1. The van der Waals surface area contributed by atoms with E-state index in [4.69, 9.17) is 16.3 Å². The number of hydrogen-bond donors (Lipinski definition) is 2. The molecule has 1 amide bonds. The molecule has 0 unspecified atom stereocenters. The molecule has 0 spiro atoms. The number of halogens is 1. The number of rotatable bonds is 5. The molecule has 1 aliphatic heterocycles. The summed E-state index contributed by atoms with van der Waals surface area (Å²) in [4.78, 5) is 16.6. The maximum absolute atomic E-state index is 12.7. The quantitative estimate of drug-likeness (QED) is 0.731. The smallest absolute Gasteiger partial charge is 0.251 e. The molecule has 150 valence electrons. The maximum Gasteiger partial charge on any atom is 0.251 e. The number of carbonyl (C=O) groups excluding carboxylic acids is 1. The summed E-state index contributed by atoms with van der Waals surface area (Å²) in [5.41, 5.74) is 1.63. The first-order valence-electron chi connectivity index (χ1n) is 9.55. The second-order valence-electron chi connectivity index (χ2n) is 8.77. The Balaban J connectivity index is 1.57. The zero-order valence-corrected chi connectivity index (χ0v) is 17.6. The number of carbonyl (C=O) groups is 1. The minimum Gasteiger partial charge on any atom is -0.489 e. The van der Waals surface area contributed by atoms with Crippen LogP contribution in [-0.2, 0) is 6.61 Å². The Morgan fingerprint density at radius 1 is 1.18 bits per heavy atom. The average molecular weight is 402 g/mol. The van der Waals surface area contributed by atoms with Gasteiger partial charge in [-0.1, -0.05) is 23.7 Å². The van der Waals surface area contributed by atoms with Gasteiger partial charge in [0.25, 0.3) is 5.91 Å². The lowest BCUT2D eigenvalue weighted by atomic mass is 9.79. The first kappa shape index (κ1) is 20.6.